The first-order valence-electron chi connectivity index (χ1n) is 9.62. The third-order valence-corrected chi connectivity index (χ3v) is 6.24. The van der Waals surface area contributed by atoms with Gasteiger partial charge in [-0.2, -0.15) is 0 Å². The summed E-state index contributed by atoms with van der Waals surface area (Å²) in [6, 6.07) is 15.9. The van der Waals surface area contributed by atoms with Crippen LogP contribution in [-0.4, -0.2) is 19.7 Å². The molecule has 3 rings (SSSR count). The number of amides is 1. The lowest BCUT2D eigenvalue weighted by Gasteiger charge is -2.05. The Morgan fingerprint density at radius 3 is 2.23 bits per heavy atom. The summed E-state index contributed by atoms with van der Waals surface area (Å²) in [7, 11) is 0. The van der Waals surface area contributed by atoms with Crippen LogP contribution in [0, 0.1) is 0 Å². The molecule has 1 heterocycles. The first kappa shape index (κ1) is 22.3. The molecule has 0 bridgehead atoms. The molecule has 1 aromatic heterocycles. The Labute approximate surface area is 182 Å². The molecule has 0 radical (unpaired) electrons. The number of nitrogens with one attached hydrogen (secondary N) is 1. The molecule has 30 heavy (non-hydrogen) atoms. The van der Waals surface area contributed by atoms with Crippen LogP contribution in [0.3, 0.4) is 0 Å². The van der Waals surface area contributed by atoms with E-state index >= 15 is 0 Å². The van der Waals surface area contributed by atoms with Gasteiger partial charge in [0, 0.05) is 24.8 Å². The summed E-state index contributed by atoms with van der Waals surface area (Å²) in [5, 5.41) is 3.40. The van der Waals surface area contributed by atoms with E-state index in [0.29, 0.717) is 18.1 Å². The van der Waals surface area contributed by atoms with E-state index in [2.05, 4.69) is 22.4 Å². The van der Waals surface area contributed by atoms with Gasteiger partial charge in [0.2, 0.25) is 5.91 Å². The van der Waals surface area contributed by atoms with Gasteiger partial charge in [0.15, 0.2) is 16.2 Å². The van der Waals surface area contributed by atoms with Gasteiger partial charge in [-0.25, -0.2) is 9.19 Å². The molecule has 0 saturated heterocycles. The summed E-state index contributed by atoms with van der Waals surface area (Å²) in [6.07, 6.45) is 2.32. The highest BCUT2D eigenvalue weighted by atomic mass is 32.2. The minimum atomic E-state index is -1.85. The molecule has 0 spiro atoms. The normalized spacial score (nSPS) is 12.0. The lowest BCUT2D eigenvalue weighted by atomic mass is 10.0. The molecular weight excluding hydrogens is 418 g/mol. The zero-order valence-corrected chi connectivity index (χ0v) is 18.4. The maximum absolute atomic E-state index is 11.5. The molecule has 8 heteroatoms. The summed E-state index contributed by atoms with van der Waals surface area (Å²) in [5.74, 6) is -0.0117. The van der Waals surface area contributed by atoms with Crippen LogP contribution in [0.15, 0.2) is 48.5 Å². The van der Waals surface area contributed by atoms with Crippen LogP contribution in [0.1, 0.15) is 39.7 Å². The molecule has 158 valence electrons. The van der Waals surface area contributed by atoms with Gasteiger partial charge in [0.05, 0.1) is 11.4 Å². The van der Waals surface area contributed by atoms with Gasteiger partial charge in [-0.3, -0.25) is 4.79 Å². The monoisotopic (exact) mass is 443 g/mol. The number of carbonyl (C=O) groups excluding carboxylic acids is 1. The van der Waals surface area contributed by atoms with Crippen molar-refractivity contribution in [3.05, 3.63) is 81.4 Å². The second-order valence-electron chi connectivity index (χ2n) is 7.05. The number of anilines is 1. The molecule has 0 saturated carbocycles. The van der Waals surface area contributed by atoms with Gasteiger partial charge in [0.25, 0.3) is 0 Å². The standard InChI is InChI=1S/C22H25N3O3S2/c1-15(26)24-22-25-20(11-10-16-2-6-18(13-23)7-3-16)21(29-22)12-17-4-8-19(9-5-17)14-30(27)28/h2-9H,10-14,23H2,1H3,(H,27,28)(H,24,25,26). The van der Waals surface area contributed by atoms with Gasteiger partial charge in [-0.05, 0) is 35.1 Å². The number of hydrogen-bond donors (Lipinski definition) is 3. The summed E-state index contributed by atoms with van der Waals surface area (Å²) < 4.78 is 20.0. The van der Waals surface area contributed by atoms with E-state index in [1.807, 2.05) is 36.4 Å². The number of nitrogens with two attached hydrogens (primary N) is 1. The topological polar surface area (TPSA) is 105 Å². The van der Waals surface area contributed by atoms with E-state index in [1.54, 1.807) is 0 Å². The van der Waals surface area contributed by atoms with Gasteiger partial charge in [0.1, 0.15) is 0 Å². The molecule has 0 aliphatic heterocycles. The van der Waals surface area contributed by atoms with Crippen LogP contribution < -0.4 is 11.1 Å². The van der Waals surface area contributed by atoms with Crippen molar-refractivity contribution in [2.24, 2.45) is 5.73 Å². The van der Waals surface area contributed by atoms with Crippen molar-refractivity contribution in [2.45, 2.75) is 38.5 Å². The van der Waals surface area contributed by atoms with E-state index in [4.69, 9.17) is 10.3 Å². The van der Waals surface area contributed by atoms with Gasteiger partial charge in [-0.1, -0.05) is 48.5 Å². The van der Waals surface area contributed by atoms with E-state index < -0.39 is 11.1 Å². The molecule has 1 atom stereocenters. The Morgan fingerprint density at radius 2 is 1.63 bits per heavy atom. The predicted octanol–water partition coefficient (Wildman–Crippen LogP) is 3.66. The van der Waals surface area contributed by atoms with Crippen LogP contribution in [0.4, 0.5) is 5.13 Å². The second kappa shape index (κ2) is 10.6. The van der Waals surface area contributed by atoms with Gasteiger partial charge >= 0.3 is 0 Å². The van der Waals surface area contributed by atoms with E-state index in [9.17, 15) is 9.00 Å². The Kier molecular flexibility index (Phi) is 7.87. The second-order valence-corrected chi connectivity index (χ2v) is 9.07. The van der Waals surface area contributed by atoms with Crippen molar-refractivity contribution < 1.29 is 13.6 Å². The van der Waals surface area contributed by atoms with E-state index in [-0.39, 0.29) is 11.7 Å². The number of carbonyl (C=O) groups is 1. The Balaban J connectivity index is 1.75. The molecule has 0 fully saturated rings. The lowest BCUT2D eigenvalue weighted by Crippen LogP contribution is -2.05. The lowest BCUT2D eigenvalue weighted by molar-refractivity contribution is -0.114. The highest BCUT2D eigenvalue weighted by Crippen LogP contribution is 2.27. The number of thiazole rings is 1. The maximum atomic E-state index is 11.5. The Bertz CT molecular complexity index is 1020. The molecule has 6 nitrogen and oxygen atoms in total. The number of aryl methyl sites for hydroxylation is 2. The van der Waals surface area contributed by atoms with Crippen molar-refractivity contribution in [3.8, 4) is 0 Å². The fourth-order valence-corrected chi connectivity index (χ4v) is 4.67. The zero-order chi connectivity index (χ0) is 21.5. The van der Waals surface area contributed by atoms with E-state index in [1.165, 1.54) is 23.8 Å². The first-order valence-corrected chi connectivity index (χ1v) is 11.7. The van der Waals surface area contributed by atoms with Crippen molar-refractivity contribution in [3.63, 3.8) is 0 Å². The van der Waals surface area contributed by atoms with Crippen LogP contribution in [0.2, 0.25) is 0 Å². The summed E-state index contributed by atoms with van der Waals surface area (Å²) >= 11 is -0.355. The third-order valence-electron chi connectivity index (χ3n) is 4.65. The number of aromatic nitrogens is 1. The molecular formula is C22H25N3O3S2. The minimum Gasteiger partial charge on any atom is -0.326 e. The smallest absolute Gasteiger partial charge is 0.223 e. The maximum Gasteiger partial charge on any atom is 0.223 e. The van der Waals surface area contributed by atoms with Crippen LogP contribution in [0.25, 0.3) is 0 Å². The molecule has 2 aromatic carbocycles. The summed E-state index contributed by atoms with van der Waals surface area (Å²) in [5.41, 5.74) is 10.9. The van der Waals surface area contributed by atoms with Crippen LogP contribution in [-0.2, 0) is 47.4 Å². The van der Waals surface area contributed by atoms with Crippen molar-refractivity contribution in [2.75, 3.05) is 5.32 Å². The highest BCUT2D eigenvalue weighted by Gasteiger charge is 2.13. The quantitative estimate of drug-likeness (QED) is 0.438. The minimum absolute atomic E-state index is 0.127. The molecule has 0 aliphatic carbocycles. The summed E-state index contributed by atoms with van der Waals surface area (Å²) in [4.78, 5) is 17.2. The van der Waals surface area contributed by atoms with Gasteiger partial charge < -0.3 is 15.6 Å². The van der Waals surface area contributed by atoms with Gasteiger partial charge in [-0.15, -0.1) is 11.3 Å². The van der Waals surface area contributed by atoms with Crippen molar-refractivity contribution in [1.29, 1.82) is 0 Å². The van der Waals surface area contributed by atoms with Crippen molar-refractivity contribution >= 4 is 33.5 Å². The molecule has 3 aromatic rings. The largest absolute Gasteiger partial charge is 0.326 e. The third kappa shape index (κ3) is 6.56. The molecule has 1 unspecified atom stereocenters. The fourth-order valence-electron chi connectivity index (χ4n) is 3.11. The zero-order valence-electron chi connectivity index (χ0n) is 16.8. The molecule has 1 amide bonds. The number of hydrogen-bond acceptors (Lipinski definition) is 5. The van der Waals surface area contributed by atoms with Crippen LogP contribution >= 0.6 is 11.3 Å². The molecule has 0 aliphatic rings. The van der Waals surface area contributed by atoms with Crippen molar-refractivity contribution in [1.82, 2.24) is 4.98 Å². The number of nitrogens with zero attached hydrogens (tertiary/aromatic N) is 1. The fraction of sp³-hybridized carbons (Fsp3) is 0.273. The number of benzene rings is 2. The highest BCUT2D eigenvalue weighted by molar-refractivity contribution is 7.78. The first-order chi connectivity index (χ1) is 14.4. The average molecular weight is 444 g/mol. The summed E-state index contributed by atoms with van der Waals surface area (Å²) in [6.45, 7) is 2.01. The number of rotatable bonds is 9. The predicted molar refractivity (Wildman–Crippen MR) is 122 cm³/mol. The van der Waals surface area contributed by atoms with E-state index in [0.717, 1.165) is 40.1 Å². The molecule has 4 N–H and O–H groups in total. The SMILES string of the molecule is CC(=O)Nc1nc(CCc2ccc(CN)cc2)c(Cc2ccc(CS(=O)O)cc2)s1. The average Bonchev–Trinajstić information content (AvgIpc) is 3.08. The Morgan fingerprint density at radius 1 is 1.03 bits per heavy atom. The Hall–Kier alpha value is -2.39. The van der Waals surface area contributed by atoms with Crippen LogP contribution in [0.5, 0.6) is 0 Å².